The van der Waals surface area contributed by atoms with Crippen LogP contribution in [0.4, 0.5) is 0 Å². The molecule has 1 aromatic carbocycles. The van der Waals surface area contributed by atoms with Gasteiger partial charge in [-0.05, 0) is 35.4 Å². The van der Waals surface area contributed by atoms with Crippen molar-refractivity contribution in [1.82, 2.24) is 0 Å². The Morgan fingerprint density at radius 1 is 1.47 bits per heavy atom. The molecule has 0 spiro atoms. The third-order valence-corrected chi connectivity index (χ3v) is 3.42. The second-order valence-electron chi connectivity index (χ2n) is 2.83. The summed E-state index contributed by atoms with van der Waals surface area (Å²) >= 11 is 4.52. The van der Waals surface area contributed by atoms with Gasteiger partial charge in [0.1, 0.15) is 5.75 Å². The van der Waals surface area contributed by atoms with Crippen LogP contribution in [0.25, 0.3) is 0 Å². The maximum atomic E-state index is 11.6. The number of benzene rings is 1. The molecule has 0 aliphatic carbocycles. The van der Waals surface area contributed by atoms with Crippen LogP contribution in [0.2, 0.25) is 5.02 Å². The molecule has 0 radical (unpaired) electrons. The molecule has 0 aromatic heterocycles. The Balaban J connectivity index is 2.50. The average molecular weight is 247 g/mol. The molecule has 1 unspecified atom stereocenters. The summed E-state index contributed by atoms with van der Waals surface area (Å²) in [6.45, 7) is 0. The van der Waals surface area contributed by atoms with Crippen LogP contribution in [0.3, 0.4) is 0 Å². The van der Waals surface area contributed by atoms with Gasteiger partial charge in [-0.2, -0.15) is 0 Å². The number of carbonyl (C=O) groups excluding carboxylic acids is 1. The number of halogens is 1. The van der Waals surface area contributed by atoms with Gasteiger partial charge < -0.3 is 9.29 Å². The molecule has 1 aromatic rings. The SMILES string of the molecule is COC(=O)CC[S+]([O-])c1ccc(Cl)cc1. The van der Waals surface area contributed by atoms with Crippen molar-refractivity contribution in [3.63, 3.8) is 0 Å². The first-order valence-electron chi connectivity index (χ1n) is 4.34. The lowest BCUT2D eigenvalue weighted by Crippen LogP contribution is -2.12. The van der Waals surface area contributed by atoms with E-state index in [1.54, 1.807) is 24.3 Å². The minimum atomic E-state index is -1.17. The number of hydrogen-bond donors (Lipinski definition) is 0. The average Bonchev–Trinajstić information content (AvgIpc) is 2.26. The van der Waals surface area contributed by atoms with Crippen molar-refractivity contribution >= 4 is 28.7 Å². The molecule has 0 saturated carbocycles. The van der Waals surface area contributed by atoms with Gasteiger partial charge in [-0.25, -0.2) is 0 Å². The van der Waals surface area contributed by atoms with E-state index in [-0.39, 0.29) is 18.1 Å². The second kappa shape index (κ2) is 6.00. The monoisotopic (exact) mass is 246 g/mol. The third kappa shape index (κ3) is 4.11. The summed E-state index contributed by atoms with van der Waals surface area (Å²) in [6.07, 6.45) is 0.158. The molecule has 0 aliphatic rings. The third-order valence-electron chi connectivity index (χ3n) is 1.80. The topological polar surface area (TPSA) is 49.4 Å². The minimum absolute atomic E-state index is 0.158. The van der Waals surface area contributed by atoms with Gasteiger partial charge in [-0.3, -0.25) is 4.79 Å². The molecule has 0 amide bonds. The maximum Gasteiger partial charge on any atom is 0.310 e. The zero-order valence-corrected chi connectivity index (χ0v) is 9.81. The lowest BCUT2D eigenvalue weighted by molar-refractivity contribution is -0.140. The molecule has 0 N–H and O–H groups in total. The molecule has 0 heterocycles. The fourth-order valence-corrected chi connectivity index (χ4v) is 2.14. The first-order valence-corrected chi connectivity index (χ1v) is 6.04. The summed E-state index contributed by atoms with van der Waals surface area (Å²) in [5, 5.41) is 0.601. The molecule has 0 aliphatic heterocycles. The van der Waals surface area contributed by atoms with Gasteiger partial charge in [0.2, 0.25) is 0 Å². The van der Waals surface area contributed by atoms with Crippen LogP contribution in [-0.2, 0) is 20.7 Å². The van der Waals surface area contributed by atoms with Crippen LogP contribution in [-0.4, -0.2) is 23.4 Å². The summed E-state index contributed by atoms with van der Waals surface area (Å²) in [5.74, 6) is -0.0776. The summed E-state index contributed by atoms with van der Waals surface area (Å²) in [5.41, 5.74) is 0. The van der Waals surface area contributed by atoms with Crippen molar-refractivity contribution in [1.29, 1.82) is 0 Å². The van der Waals surface area contributed by atoms with E-state index in [9.17, 15) is 9.35 Å². The molecule has 3 nitrogen and oxygen atoms in total. The van der Waals surface area contributed by atoms with E-state index in [1.165, 1.54) is 7.11 Å². The zero-order valence-electron chi connectivity index (χ0n) is 8.23. The molecule has 0 saturated heterocycles. The maximum absolute atomic E-state index is 11.6. The summed E-state index contributed by atoms with van der Waals surface area (Å²) < 4.78 is 16.1. The summed E-state index contributed by atoms with van der Waals surface area (Å²) in [6, 6.07) is 6.73. The fraction of sp³-hybridized carbons (Fsp3) is 0.300. The first-order chi connectivity index (χ1) is 7.13. The van der Waals surface area contributed by atoms with E-state index in [0.717, 1.165) is 0 Å². The highest BCUT2D eigenvalue weighted by molar-refractivity contribution is 7.91. The number of carbonyl (C=O) groups is 1. The largest absolute Gasteiger partial charge is 0.611 e. The Labute approximate surface area is 96.6 Å². The highest BCUT2D eigenvalue weighted by atomic mass is 35.5. The Hall–Kier alpha value is -0.710. The van der Waals surface area contributed by atoms with Crippen molar-refractivity contribution < 1.29 is 14.1 Å². The Morgan fingerprint density at radius 2 is 2.07 bits per heavy atom. The predicted octanol–water partition coefficient (Wildman–Crippen LogP) is 2.01. The zero-order chi connectivity index (χ0) is 11.3. The number of ether oxygens (including phenoxy) is 1. The minimum Gasteiger partial charge on any atom is -0.611 e. The van der Waals surface area contributed by atoms with Crippen molar-refractivity contribution in [2.24, 2.45) is 0 Å². The van der Waals surface area contributed by atoms with E-state index in [2.05, 4.69) is 4.74 Å². The van der Waals surface area contributed by atoms with Gasteiger partial charge in [-0.1, -0.05) is 11.6 Å². The molecular formula is C10H11ClO3S. The van der Waals surface area contributed by atoms with E-state index < -0.39 is 11.2 Å². The van der Waals surface area contributed by atoms with Gasteiger partial charge in [0.15, 0.2) is 4.90 Å². The van der Waals surface area contributed by atoms with Gasteiger partial charge in [0, 0.05) is 5.02 Å². The van der Waals surface area contributed by atoms with E-state index in [4.69, 9.17) is 11.6 Å². The van der Waals surface area contributed by atoms with Crippen LogP contribution in [0.15, 0.2) is 29.2 Å². The van der Waals surface area contributed by atoms with Gasteiger partial charge in [-0.15, -0.1) is 0 Å². The van der Waals surface area contributed by atoms with E-state index in [1.807, 2.05) is 0 Å². The molecule has 1 atom stereocenters. The van der Waals surface area contributed by atoms with Crippen LogP contribution < -0.4 is 0 Å². The highest BCUT2D eigenvalue weighted by Crippen LogP contribution is 2.15. The standard InChI is InChI=1S/C10H11ClO3S/c1-14-10(12)6-7-15(13)9-4-2-8(11)3-5-9/h2-5H,6-7H2,1H3. The smallest absolute Gasteiger partial charge is 0.310 e. The van der Waals surface area contributed by atoms with Gasteiger partial charge >= 0.3 is 5.97 Å². The lowest BCUT2D eigenvalue weighted by Gasteiger charge is -2.09. The highest BCUT2D eigenvalue weighted by Gasteiger charge is 2.13. The number of hydrogen-bond acceptors (Lipinski definition) is 3. The fourth-order valence-electron chi connectivity index (χ4n) is 0.982. The first kappa shape index (κ1) is 12.4. The molecule has 0 bridgehead atoms. The van der Waals surface area contributed by atoms with Gasteiger partial charge in [0.05, 0.1) is 13.5 Å². The number of methoxy groups -OCH3 is 1. The van der Waals surface area contributed by atoms with E-state index in [0.29, 0.717) is 9.92 Å². The number of esters is 1. The van der Waals surface area contributed by atoms with Gasteiger partial charge in [0.25, 0.3) is 0 Å². The van der Waals surface area contributed by atoms with Crippen molar-refractivity contribution in [3.05, 3.63) is 29.3 Å². The molecule has 1 rings (SSSR count). The van der Waals surface area contributed by atoms with Crippen molar-refractivity contribution in [3.8, 4) is 0 Å². The van der Waals surface area contributed by atoms with E-state index >= 15 is 0 Å². The second-order valence-corrected chi connectivity index (χ2v) is 4.84. The van der Waals surface area contributed by atoms with Crippen molar-refractivity contribution in [2.75, 3.05) is 12.9 Å². The summed E-state index contributed by atoms with van der Waals surface area (Å²) in [7, 11) is 1.31. The lowest BCUT2D eigenvalue weighted by atomic mass is 10.4. The molecule has 0 fully saturated rings. The van der Waals surface area contributed by atoms with Crippen LogP contribution >= 0.6 is 11.6 Å². The molecular weight excluding hydrogens is 236 g/mol. The van der Waals surface area contributed by atoms with Crippen molar-refractivity contribution in [2.45, 2.75) is 11.3 Å². The van der Waals surface area contributed by atoms with Crippen LogP contribution in [0.5, 0.6) is 0 Å². The summed E-state index contributed by atoms with van der Waals surface area (Å²) in [4.78, 5) is 11.5. The predicted molar refractivity (Wildman–Crippen MR) is 59.4 cm³/mol. The Bertz CT molecular complexity index is 326. The Kier molecular flexibility index (Phi) is 4.94. The quantitative estimate of drug-likeness (QED) is 0.603. The van der Waals surface area contributed by atoms with Crippen LogP contribution in [0.1, 0.15) is 6.42 Å². The molecule has 15 heavy (non-hydrogen) atoms. The Morgan fingerprint density at radius 3 is 2.60 bits per heavy atom. The number of rotatable bonds is 4. The normalized spacial score (nSPS) is 12.2. The molecule has 82 valence electrons. The molecule has 5 heteroatoms. The van der Waals surface area contributed by atoms with Crippen LogP contribution in [0, 0.1) is 0 Å².